The number of carbonyl (C=O) groups excluding carboxylic acids is 1. The Morgan fingerprint density at radius 1 is 1.41 bits per heavy atom. The van der Waals surface area contributed by atoms with E-state index < -0.39 is 11.9 Å². The van der Waals surface area contributed by atoms with E-state index in [1.165, 1.54) is 0 Å². The van der Waals surface area contributed by atoms with Crippen LogP contribution in [0, 0.1) is 5.92 Å². The minimum Gasteiger partial charge on any atom is -0.491 e. The maximum atomic E-state index is 11.9. The number of aliphatic carboxylic acids is 1. The topological polar surface area (TPSA) is 84.9 Å². The lowest BCUT2D eigenvalue weighted by molar-refractivity contribution is -0.140. The second-order valence-corrected chi connectivity index (χ2v) is 5.42. The van der Waals surface area contributed by atoms with E-state index in [4.69, 9.17) is 14.6 Å². The van der Waals surface area contributed by atoms with Crippen molar-refractivity contribution in [3.05, 3.63) is 29.8 Å². The Labute approximate surface area is 129 Å². The van der Waals surface area contributed by atoms with Crippen molar-refractivity contribution in [1.29, 1.82) is 0 Å². The number of hydrogen-bond donors (Lipinski definition) is 2. The van der Waals surface area contributed by atoms with Gasteiger partial charge in [-0.15, -0.1) is 0 Å². The van der Waals surface area contributed by atoms with E-state index in [2.05, 4.69) is 5.32 Å². The molecular formula is C16H21NO5. The van der Waals surface area contributed by atoms with Crippen LogP contribution in [0.2, 0.25) is 0 Å². The van der Waals surface area contributed by atoms with E-state index in [1.54, 1.807) is 31.2 Å². The van der Waals surface area contributed by atoms with Crippen LogP contribution >= 0.6 is 0 Å². The molecular weight excluding hydrogens is 286 g/mol. The first-order chi connectivity index (χ1) is 10.6. The van der Waals surface area contributed by atoms with Gasteiger partial charge in [-0.1, -0.05) is 6.92 Å². The summed E-state index contributed by atoms with van der Waals surface area (Å²) >= 11 is 0. The number of rotatable bonds is 7. The summed E-state index contributed by atoms with van der Waals surface area (Å²) in [5.41, 5.74) is 0.474. The maximum Gasteiger partial charge on any atom is 0.308 e. The lowest BCUT2D eigenvalue weighted by Crippen LogP contribution is -2.31. The summed E-state index contributed by atoms with van der Waals surface area (Å²) in [4.78, 5) is 22.6. The van der Waals surface area contributed by atoms with Gasteiger partial charge in [0.1, 0.15) is 12.4 Å². The number of hydrogen-bond acceptors (Lipinski definition) is 4. The average molecular weight is 307 g/mol. The number of ether oxygens (including phenoxy) is 2. The van der Waals surface area contributed by atoms with E-state index in [0.717, 1.165) is 19.4 Å². The number of benzene rings is 1. The van der Waals surface area contributed by atoms with Crippen LogP contribution in [-0.2, 0) is 9.53 Å². The number of nitrogens with one attached hydrogen (secondary N) is 1. The second kappa shape index (κ2) is 7.79. The monoisotopic (exact) mass is 307 g/mol. The van der Waals surface area contributed by atoms with Crippen LogP contribution in [0.3, 0.4) is 0 Å². The molecule has 1 aromatic carbocycles. The molecule has 1 aromatic rings. The van der Waals surface area contributed by atoms with Gasteiger partial charge in [-0.2, -0.15) is 0 Å². The predicted molar refractivity (Wildman–Crippen MR) is 80.0 cm³/mol. The molecule has 0 aromatic heterocycles. The molecule has 1 fully saturated rings. The smallest absolute Gasteiger partial charge is 0.308 e. The number of amides is 1. The molecule has 0 unspecified atom stereocenters. The zero-order valence-electron chi connectivity index (χ0n) is 12.6. The standard InChI is InChI=1S/C16H21NO5/c1-11(16(19)20)9-17-15(18)12-4-6-13(7-5-12)22-10-14-3-2-8-21-14/h4-7,11,14H,2-3,8-10H2,1H3,(H,17,18)(H,19,20)/t11-,14-/m1/s1. The number of carboxylic acids is 1. The third kappa shape index (κ3) is 4.73. The Kier molecular flexibility index (Phi) is 5.77. The van der Waals surface area contributed by atoms with E-state index in [-0.39, 0.29) is 18.6 Å². The molecule has 1 heterocycles. The molecule has 0 aliphatic carbocycles. The second-order valence-electron chi connectivity index (χ2n) is 5.42. The Balaban J connectivity index is 1.80. The lowest BCUT2D eigenvalue weighted by Gasteiger charge is -2.12. The normalized spacial score (nSPS) is 18.7. The first-order valence-corrected chi connectivity index (χ1v) is 7.41. The van der Waals surface area contributed by atoms with Gasteiger partial charge in [0.05, 0.1) is 12.0 Å². The zero-order chi connectivity index (χ0) is 15.9. The molecule has 0 bridgehead atoms. The predicted octanol–water partition coefficient (Wildman–Crippen LogP) is 1.69. The van der Waals surface area contributed by atoms with Gasteiger partial charge in [0.25, 0.3) is 5.91 Å². The van der Waals surface area contributed by atoms with Crippen molar-refractivity contribution in [2.75, 3.05) is 19.8 Å². The fourth-order valence-electron chi connectivity index (χ4n) is 2.10. The van der Waals surface area contributed by atoms with Crippen molar-refractivity contribution in [3.8, 4) is 5.75 Å². The molecule has 2 N–H and O–H groups in total. The third-order valence-corrected chi connectivity index (χ3v) is 3.57. The number of carbonyl (C=O) groups is 2. The van der Waals surface area contributed by atoms with Crippen LogP contribution in [0.1, 0.15) is 30.1 Å². The van der Waals surface area contributed by atoms with Crippen LogP contribution in [0.4, 0.5) is 0 Å². The van der Waals surface area contributed by atoms with Gasteiger partial charge in [-0.05, 0) is 37.1 Å². The van der Waals surface area contributed by atoms with Crippen LogP contribution in [0.5, 0.6) is 5.75 Å². The quantitative estimate of drug-likeness (QED) is 0.801. The van der Waals surface area contributed by atoms with E-state index >= 15 is 0 Å². The molecule has 0 spiro atoms. The van der Waals surface area contributed by atoms with Gasteiger partial charge in [-0.25, -0.2) is 0 Å². The molecule has 1 amide bonds. The molecule has 1 aliphatic heterocycles. The summed E-state index contributed by atoms with van der Waals surface area (Å²) in [6.45, 7) is 2.96. The van der Waals surface area contributed by atoms with Gasteiger partial charge in [0.15, 0.2) is 0 Å². The van der Waals surface area contributed by atoms with Gasteiger partial charge < -0.3 is 19.9 Å². The summed E-state index contributed by atoms with van der Waals surface area (Å²) < 4.78 is 11.1. The molecule has 120 valence electrons. The Morgan fingerprint density at radius 2 is 2.14 bits per heavy atom. The molecule has 6 heteroatoms. The van der Waals surface area contributed by atoms with Gasteiger partial charge in [0.2, 0.25) is 0 Å². The summed E-state index contributed by atoms with van der Waals surface area (Å²) in [5, 5.41) is 11.4. The first kappa shape index (κ1) is 16.3. The molecule has 22 heavy (non-hydrogen) atoms. The van der Waals surface area contributed by atoms with Gasteiger partial charge in [-0.3, -0.25) is 9.59 Å². The molecule has 2 rings (SSSR count). The minimum absolute atomic E-state index is 0.103. The molecule has 2 atom stereocenters. The summed E-state index contributed by atoms with van der Waals surface area (Å²) in [5.74, 6) is -1.15. The average Bonchev–Trinajstić information content (AvgIpc) is 3.04. The van der Waals surface area contributed by atoms with E-state index in [0.29, 0.717) is 17.9 Å². The van der Waals surface area contributed by atoms with Crippen LogP contribution in [0.25, 0.3) is 0 Å². The highest BCUT2D eigenvalue weighted by Gasteiger charge is 2.16. The van der Waals surface area contributed by atoms with Crippen molar-refractivity contribution in [2.45, 2.75) is 25.9 Å². The van der Waals surface area contributed by atoms with E-state index in [9.17, 15) is 9.59 Å². The van der Waals surface area contributed by atoms with E-state index in [1.807, 2.05) is 0 Å². The molecule has 1 saturated heterocycles. The highest BCUT2D eigenvalue weighted by Crippen LogP contribution is 2.16. The summed E-state index contributed by atoms with van der Waals surface area (Å²) in [6, 6.07) is 6.77. The lowest BCUT2D eigenvalue weighted by atomic mass is 10.1. The Hall–Kier alpha value is -2.08. The van der Waals surface area contributed by atoms with Crippen LogP contribution in [0.15, 0.2) is 24.3 Å². The van der Waals surface area contributed by atoms with Gasteiger partial charge in [0, 0.05) is 18.7 Å². The molecule has 1 aliphatic rings. The molecule has 0 saturated carbocycles. The Morgan fingerprint density at radius 3 is 2.73 bits per heavy atom. The minimum atomic E-state index is -0.932. The third-order valence-electron chi connectivity index (χ3n) is 3.57. The van der Waals surface area contributed by atoms with Crippen LogP contribution < -0.4 is 10.1 Å². The van der Waals surface area contributed by atoms with Crippen molar-refractivity contribution in [1.82, 2.24) is 5.32 Å². The SMILES string of the molecule is C[C@H](CNC(=O)c1ccc(OC[C@H]2CCCO2)cc1)C(=O)O. The van der Waals surface area contributed by atoms with Crippen molar-refractivity contribution in [3.63, 3.8) is 0 Å². The van der Waals surface area contributed by atoms with Gasteiger partial charge >= 0.3 is 5.97 Å². The highest BCUT2D eigenvalue weighted by atomic mass is 16.5. The maximum absolute atomic E-state index is 11.9. The highest BCUT2D eigenvalue weighted by molar-refractivity contribution is 5.94. The van der Waals surface area contributed by atoms with Crippen molar-refractivity contribution >= 4 is 11.9 Å². The number of carboxylic acid groups (broad SMARTS) is 1. The first-order valence-electron chi connectivity index (χ1n) is 7.41. The summed E-state index contributed by atoms with van der Waals surface area (Å²) in [7, 11) is 0. The molecule has 6 nitrogen and oxygen atoms in total. The van der Waals surface area contributed by atoms with Crippen molar-refractivity contribution in [2.24, 2.45) is 5.92 Å². The summed E-state index contributed by atoms with van der Waals surface area (Å²) in [6.07, 6.45) is 2.24. The Bertz CT molecular complexity index is 508. The zero-order valence-corrected chi connectivity index (χ0v) is 12.6. The fourth-order valence-corrected chi connectivity index (χ4v) is 2.10. The largest absolute Gasteiger partial charge is 0.491 e. The van der Waals surface area contributed by atoms with Crippen LogP contribution in [-0.4, -0.2) is 42.8 Å². The molecule has 0 radical (unpaired) electrons. The van der Waals surface area contributed by atoms with Crippen molar-refractivity contribution < 1.29 is 24.2 Å². The fraction of sp³-hybridized carbons (Fsp3) is 0.500.